The Bertz CT molecular complexity index is 1300. The number of rotatable bonds is 2. The molecule has 2 aromatic carbocycles. The second kappa shape index (κ2) is 10.0. The molecule has 0 saturated heterocycles. The van der Waals surface area contributed by atoms with Crippen LogP contribution in [0.1, 0.15) is 0 Å². The number of fused-ring (bicyclic) bond motifs is 2. The number of benzene rings is 2. The maximum atomic E-state index is 6.97. The highest BCUT2D eigenvalue weighted by atomic mass is 32.4. The Morgan fingerprint density at radius 2 is 1.23 bits per heavy atom. The van der Waals surface area contributed by atoms with E-state index in [9.17, 15) is 0 Å². The van der Waals surface area contributed by atoms with Gasteiger partial charge in [-0.05, 0) is 24.3 Å². The molecule has 0 saturated carbocycles. The van der Waals surface area contributed by atoms with Crippen LogP contribution in [-0.4, -0.2) is 19.1 Å². The summed E-state index contributed by atoms with van der Waals surface area (Å²) in [5.41, 5.74) is 7.37. The Morgan fingerprint density at radius 3 is 1.80 bits per heavy atom. The molecule has 0 spiro atoms. The van der Waals surface area contributed by atoms with Gasteiger partial charge in [0.1, 0.15) is 11.1 Å². The molecule has 30 heavy (non-hydrogen) atoms. The van der Waals surface area contributed by atoms with Gasteiger partial charge in [-0.15, -0.1) is 0 Å². The van der Waals surface area contributed by atoms with Crippen LogP contribution >= 0.6 is 50.3 Å². The fraction of sp³-hybridized carbons (Fsp3) is 0.111. The Kier molecular flexibility index (Phi) is 7.90. The van der Waals surface area contributed by atoms with Crippen molar-refractivity contribution >= 4 is 94.9 Å². The number of nitrogens with zero attached hydrogens (tertiary/aromatic N) is 6. The van der Waals surface area contributed by atoms with Gasteiger partial charge in [0.25, 0.3) is 0 Å². The zero-order chi connectivity index (χ0) is 22.0. The predicted octanol–water partition coefficient (Wildman–Crippen LogP) is 5.62. The van der Waals surface area contributed by atoms with Gasteiger partial charge in [0.15, 0.2) is 11.4 Å². The Morgan fingerprint density at radius 1 is 0.733 bits per heavy atom. The molecular formula is C18H20N6P6. The quantitative estimate of drug-likeness (QED) is 0.262. The first-order valence-electron chi connectivity index (χ1n) is 8.53. The number of aryl methyl sites for hydroxylation is 2. The van der Waals surface area contributed by atoms with Crippen molar-refractivity contribution in [1.82, 2.24) is 19.1 Å². The van der Waals surface area contributed by atoms with Crippen molar-refractivity contribution in [1.29, 1.82) is 0 Å². The molecule has 0 aliphatic heterocycles. The van der Waals surface area contributed by atoms with Gasteiger partial charge in [-0.1, -0.05) is 47.8 Å². The largest absolute Gasteiger partial charge is 0.328 e. The summed E-state index contributed by atoms with van der Waals surface area (Å²) in [5.74, 6) is 0. The molecule has 2 aromatic heterocycles. The lowest BCUT2D eigenvalue weighted by molar-refractivity contribution is 0.991. The molecule has 0 radical (unpaired) electrons. The first-order valence-corrected chi connectivity index (χ1v) is 17.7. The van der Waals surface area contributed by atoms with Crippen molar-refractivity contribution in [2.75, 3.05) is 0 Å². The summed E-state index contributed by atoms with van der Waals surface area (Å²) in [4.78, 5) is 15.9. The van der Waals surface area contributed by atoms with E-state index < -0.39 is 0 Å². The molecule has 4 rings (SSSR count). The summed E-state index contributed by atoms with van der Waals surface area (Å²) < 4.78 is 4.13. The van der Waals surface area contributed by atoms with Crippen molar-refractivity contribution in [2.45, 2.75) is 0 Å². The second-order valence-corrected chi connectivity index (χ2v) is 19.0. The standard InChI is InChI=1S/2C9H10N3P3/c1-10-6-3-4-8-7(5-6)11-9(12(8)2)15(13)14;1-10-6-3-4-7-8(5-6)12(2)9(11-7)15(13)14/h2*3-5H,13-14H2,2H3. The second-order valence-electron chi connectivity index (χ2n) is 6.33. The maximum Gasteiger partial charge on any atom is 0.189 e. The molecule has 2 heterocycles. The van der Waals surface area contributed by atoms with Gasteiger partial charge in [-0.2, -0.15) is 0 Å². The van der Waals surface area contributed by atoms with Gasteiger partial charge in [-0.25, -0.2) is 19.7 Å². The first kappa shape index (κ1) is 23.6. The van der Waals surface area contributed by atoms with E-state index in [1.165, 1.54) is 0 Å². The van der Waals surface area contributed by atoms with Gasteiger partial charge in [-0.3, -0.25) is 0 Å². The van der Waals surface area contributed by atoms with Gasteiger partial charge < -0.3 is 9.13 Å². The SMILES string of the molecule is [C-]#[N+]c1ccc2c(c1)nc(P(P)P)n2C.[C-]#[N+]c1ccc2nc(P(P)P)n(C)c2c1. The summed E-state index contributed by atoms with van der Waals surface area (Å²) in [5, 5.41) is 0. The smallest absolute Gasteiger partial charge is 0.189 e. The zero-order valence-electron chi connectivity index (χ0n) is 16.4. The van der Waals surface area contributed by atoms with Crippen molar-refractivity contribution in [2.24, 2.45) is 14.1 Å². The summed E-state index contributed by atoms with van der Waals surface area (Å²) >= 11 is 0. The van der Waals surface area contributed by atoms with E-state index in [0.29, 0.717) is 11.4 Å². The average molecular weight is 506 g/mol. The molecule has 0 aliphatic rings. The molecule has 152 valence electrons. The van der Waals surface area contributed by atoms with Crippen LogP contribution in [0.2, 0.25) is 0 Å². The monoisotopic (exact) mass is 506 g/mol. The Balaban J connectivity index is 0.000000171. The lowest BCUT2D eigenvalue weighted by Crippen LogP contribution is -2.09. The van der Waals surface area contributed by atoms with Crippen LogP contribution in [0.25, 0.3) is 31.8 Å². The maximum absolute atomic E-state index is 6.97. The minimum atomic E-state index is -0.369. The number of hydrogen-bond donors (Lipinski definition) is 0. The van der Waals surface area contributed by atoms with Crippen LogP contribution in [0.5, 0.6) is 0 Å². The molecule has 6 nitrogen and oxygen atoms in total. The van der Waals surface area contributed by atoms with Crippen LogP contribution in [0.3, 0.4) is 0 Å². The van der Waals surface area contributed by atoms with Crippen LogP contribution in [0.15, 0.2) is 36.4 Å². The first-order chi connectivity index (χ1) is 14.3. The van der Waals surface area contributed by atoms with Crippen molar-refractivity contribution in [3.05, 3.63) is 59.2 Å². The van der Waals surface area contributed by atoms with Gasteiger partial charge in [0, 0.05) is 28.7 Å². The van der Waals surface area contributed by atoms with E-state index in [4.69, 9.17) is 13.1 Å². The van der Waals surface area contributed by atoms with E-state index >= 15 is 0 Å². The Hall–Kier alpha value is -1.06. The summed E-state index contributed by atoms with van der Waals surface area (Å²) in [7, 11) is 14.3. The lowest BCUT2D eigenvalue weighted by atomic mass is 10.3. The minimum Gasteiger partial charge on any atom is -0.328 e. The highest BCUT2D eigenvalue weighted by molar-refractivity contribution is 8.46. The number of imidazole rings is 2. The van der Waals surface area contributed by atoms with E-state index in [2.05, 4.69) is 64.5 Å². The van der Waals surface area contributed by atoms with E-state index in [0.717, 1.165) is 33.2 Å². The molecule has 12 heteroatoms. The van der Waals surface area contributed by atoms with Gasteiger partial charge in [0.05, 0.1) is 35.2 Å². The summed E-state index contributed by atoms with van der Waals surface area (Å²) in [6, 6.07) is 11.2. The number of aromatic nitrogens is 4. The van der Waals surface area contributed by atoms with Gasteiger partial charge in [0.2, 0.25) is 0 Å². The molecule has 0 N–H and O–H groups in total. The van der Waals surface area contributed by atoms with Crippen LogP contribution < -0.4 is 11.1 Å². The molecule has 4 aromatic rings. The van der Waals surface area contributed by atoms with Crippen molar-refractivity contribution < 1.29 is 0 Å². The molecule has 4 unspecified atom stereocenters. The normalized spacial score (nSPS) is 10.9. The lowest BCUT2D eigenvalue weighted by Gasteiger charge is -2.04. The molecule has 0 bridgehead atoms. The van der Waals surface area contributed by atoms with Crippen LogP contribution in [0, 0.1) is 13.1 Å². The molecule has 0 aliphatic carbocycles. The highest BCUT2D eigenvalue weighted by Crippen LogP contribution is 2.51. The van der Waals surface area contributed by atoms with E-state index in [1.807, 2.05) is 44.4 Å². The van der Waals surface area contributed by atoms with Crippen LogP contribution in [0.4, 0.5) is 11.4 Å². The van der Waals surface area contributed by atoms with Crippen molar-refractivity contribution in [3.63, 3.8) is 0 Å². The third-order valence-corrected chi connectivity index (χ3v) is 8.90. The predicted molar refractivity (Wildman–Crippen MR) is 146 cm³/mol. The molecule has 0 fully saturated rings. The molecule has 0 amide bonds. The Labute approximate surface area is 187 Å². The van der Waals surface area contributed by atoms with Gasteiger partial charge >= 0.3 is 0 Å². The minimum absolute atomic E-state index is 0.369. The fourth-order valence-corrected chi connectivity index (χ4v) is 7.07. The fourth-order valence-electron chi connectivity index (χ4n) is 2.94. The zero-order valence-corrected chi connectivity index (χ0v) is 22.8. The molecular weight excluding hydrogens is 486 g/mol. The topological polar surface area (TPSA) is 44.4 Å². The third kappa shape index (κ3) is 4.88. The number of hydrogen-bond acceptors (Lipinski definition) is 2. The average Bonchev–Trinajstić information content (AvgIpc) is 3.25. The summed E-state index contributed by atoms with van der Waals surface area (Å²) in [6.07, 6.45) is 0. The molecule has 4 atom stereocenters. The van der Waals surface area contributed by atoms with E-state index in [-0.39, 0.29) is 14.6 Å². The van der Waals surface area contributed by atoms with Crippen molar-refractivity contribution in [3.8, 4) is 0 Å². The van der Waals surface area contributed by atoms with E-state index in [1.54, 1.807) is 6.07 Å². The third-order valence-electron chi connectivity index (χ3n) is 4.40. The van der Waals surface area contributed by atoms with Crippen LogP contribution in [-0.2, 0) is 14.1 Å². The summed E-state index contributed by atoms with van der Waals surface area (Å²) in [6.45, 7) is 13.9. The highest BCUT2D eigenvalue weighted by Gasteiger charge is 2.12.